The number of halogens is 2. The molecule has 1 aliphatic heterocycles. The minimum Gasteiger partial charge on any atom is -0.378 e. The number of carbonyl (C=O) groups is 2. The zero-order valence-electron chi connectivity index (χ0n) is 11.5. The highest BCUT2D eigenvalue weighted by Crippen LogP contribution is 2.24. The van der Waals surface area contributed by atoms with E-state index in [1.54, 1.807) is 11.9 Å². The Morgan fingerprint density at radius 2 is 2.00 bits per heavy atom. The van der Waals surface area contributed by atoms with Crippen LogP contribution in [0, 0.1) is 0 Å². The number of benzene rings is 1. The topological polar surface area (TPSA) is 69.6 Å². The summed E-state index contributed by atoms with van der Waals surface area (Å²) in [5.41, 5.74) is 0.293. The summed E-state index contributed by atoms with van der Waals surface area (Å²) in [5, 5.41) is 13.3. The molecule has 2 atom stereocenters. The number of aliphatic hydroxyl groups excluding tert-OH is 1. The van der Waals surface area contributed by atoms with Gasteiger partial charge in [-0.05, 0) is 36.6 Å². The largest absolute Gasteiger partial charge is 0.378 e. The number of likely N-dealkylation sites (tertiary alicyclic amines) is 1. The summed E-state index contributed by atoms with van der Waals surface area (Å²) in [4.78, 5) is 25.6. The molecule has 0 aliphatic carbocycles. The van der Waals surface area contributed by atoms with Crippen molar-refractivity contribution in [1.29, 1.82) is 0 Å². The molecule has 1 fully saturated rings. The van der Waals surface area contributed by atoms with E-state index < -0.39 is 18.1 Å². The van der Waals surface area contributed by atoms with Crippen LogP contribution < -0.4 is 5.32 Å². The van der Waals surface area contributed by atoms with Crippen molar-refractivity contribution in [1.82, 2.24) is 10.2 Å². The zero-order valence-corrected chi connectivity index (χ0v) is 13.0. The van der Waals surface area contributed by atoms with E-state index in [-0.39, 0.29) is 5.91 Å². The Hall–Kier alpha value is -1.30. The molecule has 1 saturated heterocycles. The van der Waals surface area contributed by atoms with Crippen molar-refractivity contribution < 1.29 is 14.7 Å². The summed E-state index contributed by atoms with van der Waals surface area (Å²) in [7, 11) is 1.69. The van der Waals surface area contributed by atoms with Gasteiger partial charge in [0.15, 0.2) is 6.10 Å². The normalized spacial score (nSPS) is 20.3. The Balaban J connectivity index is 2.07. The number of carbonyl (C=O) groups excluding carboxylic acids is 2. The molecule has 7 heteroatoms. The minimum absolute atomic E-state index is 0.147. The van der Waals surface area contributed by atoms with E-state index in [9.17, 15) is 14.7 Å². The molecule has 5 nitrogen and oxygen atoms in total. The van der Waals surface area contributed by atoms with Crippen molar-refractivity contribution in [2.24, 2.45) is 0 Å². The number of hydrogen-bond acceptors (Lipinski definition) is 3. The second-order valence-electron chi connectivity index (χ2n) is 5.07. The van der Waals surface area contributed by atoms with Crippen molar-refractivity contribution in [2.75, 3.05) is 13.6 Å². The molecule has 0 saturated carbocycles. The molecule has 1 aromatic carbocycles. The van der Waals surface area contributed by atoms with Gasteiger partial charge in [-0.25, -0.2) is 0 Å². The van der Waals surface area contributed by atoms with Crippen LogP contribution >= 0.6 is 23.2 Å². The highest BCUT2D eigenvalue weighted by atomic mass is 35.5. The standard InChI is InChI=1S/C14H16Cl2N2O3/c1-18-4-2-3-11(14(18)21)17-13(20)12(19)8-5-9(15)7-10(16)6-8/h5-7,11-12,19H,2-4H2,1H3,(H,17,20)/t11-,12+/m0/s1. The van der Waals surface area contributed by atoms with Gasteiger partial charge in [-0.3, -0.25) is 9.59 Å². The summed E-state index contributed by atoms with van der Waals surface area (Å²) >= 11 is 11.7. The third kappa shape index (κ3) is 3.87. The van der Waals surface area contributed by atoms with Crippen LogP contribution in [0.1, 0.15) is 24.5 Å². The molecule has 21 heavy (non-hydrogen) atoms. The van der Waals surface area contributed by atoms with E-state index in [4.69, 9.17) is 23.2 Å². The average molecular weight is 331 g/mol. The van der Waals surface area contributed by atoms with Gasteiger partial charge in [-0.15, -0.1) is 0 Å². The van der Waals surface area contributed by atoms with E-state index in [1.807, 2.05) is 0 Å². The lowest BCUT2D eigenvalue weighted by Gasteiger charge is -2.30. The molecule has 114 valence electrons. The van der Waals surface area contributed by atoms with E-state index >= 15 is 0 Å². The van der Waals surface area contributed by atoms with Crippen LogP contribution in [0.25, 0.3) is 0 Å². The van der Waals surface area contributed by atoms with Gasteiger partial charge in [-0.1, -0.05) is 23.2 Å². The molecule has 0 unspecified atom stereocenters. The van der Waals surface area contributed by atoms with Crippen molar-refractivity contribution in [3.8, 4) is 0 Å². The maximum atomic E-state index is 12.1. The smallest absolute Gasteiger partial charge is 0.254 e. The monoisotopic (exact) mass is 330 g/mol. The number of likely N-dealkylation sites (N-methyl/N-ethyl adjacent to an activating group) is 1. The van der Waals surface area contributed by atoms with E-state index in [0.29, 0.717) is 28.6 Å². The molecule has 2 amide bonds. The Bertz CT molecular complexity index is 545. The first-order valence-corrected chi connectivity index (χ1v) is 7.33. The molecule has 0 bridgehead atoms. The number of nitrogens with zero attached hydrogens (tertiary/aromatic N) is 1. The SMILES string of the molecule is CN1CCC[C@H](NC(=O)[C@H](O)c2cc(Cl)cc(Cl)c2)C1=O. The van der Waals surface area contributed by atoms with Gasteiger partial charge in [0.2, 0.25) is 5.91 Å². The zero-order chi connectivity index (χ0) is 15.6. The van der Waals surface area contributed by atoms with Gasteiger partial charge in [-0.2, -0.15) is 0 Å². The van der Waals surface area contributed by atoms with Gasteiger partial charge in [0, 0.05) is 23.6 Å². The first-order valence-electron chi connectivity index (χ1n) is 6.58. The number of piperidine rings is 1. The highest BCUT2D eigenvalue weighted by molar-refractivity contribution is 6.34. The van der Waals surface area contributed by atoms with Gasteiger partial charge >= 0.3 is 0 Å². The number of rotatable bonds is 3. The fourth-order valence-corrected chi connectivity index (χ4v) is 2.84. The fraction of sp³-hybridized carbons (Fsp3) is 0.429. The predicted molar refractivity (Wildman–Crippen MR) is 80.2 cm³/mol. The number of hydrogen-bond donors (Lipinski definition) is 2. The molecule has 0 spiro atoms. The third-order valence-corrected chi connectivity index (χ3v) is 3.86. The molecule has 0 radical (unpaired) electrons. The summed E-state index contributed by atoms with van der Waals surface area (Å²) in [6.07, 6.45) is -0.0363. The maximum Gasteiger partial charge on any atom is 0.254 e. The maximum absolute atomic E-state index is 12.1. The quantitative estimate of drug-likeness (QED) is 0.887. The van der Waals surface area contributed by atoms with Crippen molar-refractivity contribution in [3.63, 3.8) is 0 Å². The van der Waals surface area contributed by atoms with Gasteiger partial charge in [0.1, 0.15) is 6.04 Å². The van der Waals surface area contributed by atoms with Gasteiger partial charge in [0.05, 0.1) is 0 Å². The summed E-state index contributed by atoms with van der Waals surface area (Å²) in [6.45, 7) is 0.678. The second-order valence-corrected chi connectivity index (χ2v) is 5.94. The van der Waals surface area contributed by atoms with Crippen molar-refractivity contribution >= 4 is 35.0 Å². The molecule has 1 aliphatic rings. The second kappa shape index (κ2) is 6.64. The van der Waals surface area contributed by atoms with Gasteiger partial charge in [0.25, 0.3) is 5.91 Å². The Morgan fingerprint density at radius 3 is 2.62 bits per heavy atom. The summed E-state index contributed by atoms with van der Waals surface area (Å²) < 4.78 is 0. The average Bonchev–Trinajstić information content (AvgIpc) is 2.42. The van der Waals surface area contributed by atoms with Crippen LogP contribution in [0.3, 0.4) is 0 Å². The Labute approximate surface area is 132 Å². The molecular weight excluding hydrogens is 315 g/mol. The van der Waals surface area contributed by atoms with Crippen LogP contribution in [-0.2, 0) is 9.59 Å². The lowest BCUT2D eigenvalue weighted by atomic mass is 10.0. The van der Waals surface area contributed by atoms with E-state index in [1.165, 1.54) is 18.2 Å². The van der Waals surface area contributed by atoms with Crippen molar-refractivity contribution in [3.05, 3.63) is 33.8 Å². The van der Waals surface area contributed by atoms with Crippen LogP contribution in [0.2, 0.25) is 10.0 Å². The van der Waals surface area contributed by atoms with Crippen LogP contribution in [0.15, 0.2) is 18.2 Å². The molecule has 2 rings (SSSR count). The minimum atomic E-state index is -1.42. The molecule has 1 aromatic rings. The summed E-state index contributed by atoms with van der Waals surface area (Å²) in [5.74, 6) is -0.784. The van der Waals surface area contributed by atoms with Gasteiger partial charge < -0.3 is 15.3 Å². The lowest BCUT2D eigenvalue weighted by molar-refractivity contribution is -0.140. The summed E-state index contributed by atoms with van der Waals surface area (Å²) in [6, 6.07) is 3.84. The van der Waals surface area contributed by atoms with E-state index in [2.05, 4.69) is 5.32 Å². The lowest BCUT2D eigenvalue weighted by Crippen LogP contribution is -2.51. The third-order valence-electron chi connectivity index (χ3n) is 3.43. The molecular formula is C14H16Cl2N2O3. The Morgan fingerprint density at radius 1 is 1.38 bits per heavy atom. The first-order chi connectivity index (χ1) is 9.88. The first kappa shape index (κ1) is 16.1. The molecule has 1 heterocycles. The highest BCUT2D eigenvalue weighted by Gasteiger charge is 2.30. The van der Waals surface area contributed by atoms with Crippen LogP contribution in [0.4, 0.5) is 0 Å². The van der Waals surface area contributed by atoms with Crippen LogP contribution in [-0.4, -0.2) is 41.5 Å². The number of amides is 2. The molecule has 2 N–H and O–H groups in total. The number of nitrogens with one attached hydrogen (secondary N) is 1. The number of aliphatic hydroxyl groups is 1. The molecule has 0 aromatic heterocycles. The van der Waals surface area contributed by atoms with Crippen molar-refractivity contribution in [2.45, 2.75) is 25.0 Å². The predicted octanol–water partition coefficient (Wildman–Crippen LogP) is 1.76. The van der Waals surface area contributed by atoms with E-state index in [0.717, 1.165) is 6.42 Å². The van der Waals surface area contributed by atoms with Crippen LogP contribution in [0.5, 0.6) is 0 Å². The fourth-order valence-electron chi connectivity index (χ4n) is 2.30. The Kier molecular flexibility index (Phi) is 5.08.